The summed E-state index contributed by atoms with van der Waals surface area (Å²) in [5.41, 5.74) is 5.76. The van der Waals surface area contributed by atoms with Crippen LogP contribution in [0, 0.1) is 0 Å². The Morgan fingerprint density at radius 3 is 2.85 bits per heavy atom. The Labute approximate surface area is 121 Å². The van der Waals surface area contributed by atoms with E-state index >= 15 is 0 Å². The molecule has 3 atom stereocenters. The molecule has 0 bridgehead atoms. The van der Waals surface area contributed by atoms with Crippen LogP contribution < -0.4 is 11.1 Å². The van der Waals surface area contributed by atoms with Gasteiger partial charge in [-0.1, -0.05) is 0 Å². The number of sulfone groups is 1. The van der Waals surface area contributed by atoms with Crippen molar-refractivity contribution in [1.29, 1.82) is 0 Å². The first kappa shape index (κ1) is 15.7. The van der Waals surface area contributed by atoms with Crippen molar-refractivity contribution in [2.45, 2.75) is 50.2 Å². The maximum absolute atomic E-state index is 12.0. The van der Waals surface area contributed by atoms with Crippen LogP contribution in [0.15, 0.2) is 0 Å². The number of carbonyl (C=O) groups excluding carboxylic acids is 1. The highest BCUT2D eigenvalue weighted by atomic mass is 32.2. The van der Waals surface area contributed by atoms with Crippen LogP contribution >= 0.6 is 0 Å². The SMILES string of the molecule is CS(=O)(=O)CCC(N)C(=O)NC1CCN2CCCC2C1. The van der Waals surface area contributed by atoms with Crippen LogP contribution in [-0.4, -0.2) is 62.4 Å². The molecule has 2 fully saturated rings. The van der Waals surface area contributed by atoms with Crippen molar-refractivity contribution in [3.63, 3.8) is 0 Å². The highest BCUT2D eigenvalue weighted by Gasteiger charge is 2.32. The summed E-state index contributed by atoms with van der Waals surface area (Å²) < 4.78 is 22.2. The molecule has 7 heteroatoms. The maximum Gasteiger partial charge on any atom is 0.237 e. The van der Waals surface area contributed by atoms with E-state index in [1.807, 2.05) is 0 Å². The second-order valence-corrected chi connectivity index (χ2v) is 8.35. The highest BCUT2D eigenvalue weighted by Crippen LogP contribution is 2.26. The third kappa shape index (κ3) is 4.43. The average Bonchev–Trinajstić information content (AvgIpc) is 2.82. The van der Waals surface area contributed by atoms with Gasteiger partial charge in [-0.3, -0.25) is 4.79 Å². The fraction of sp³-hybridized carbons (Fsp3) is 0.923. The normalized spacial score (nSPS) is 28.9. The van der Waals surface area contributed by atoms with Crippen LogP contribution in [0.5, 0.6) is 0 Å². The van der Waals surface area contributed by atoms with Crippen molar-refractivity contribution in [3.05, 3.63) is 0 Å². The first-order valence-electron chi connectivity index (χ1n) is 7.33. The zero-order chi connectivity index (χ0) is 14.8. The lowest BCUT2D eigenvalue weighted by atomic mass is 9.97. The maximum atomic E-state index is 12.0. The van der Waals surface area contributed by atoms with E-state index in [4.69, 9.17) is 5.73 Å². The molecule has 3 N–H and O–H groups in total. The third-order valence-electron chi connectivity index (χ3n) is 4.30. The fourth-order valence-corrected chi connectivity index (χ4v) is 3.82. The Hall–Kier alpha value is -0.660. The van der Waals surface area contributed by atoms with Crippen LogP contribution in [0.4, 0.5) is 0 Å². The van der Waals surface area contributed by atoms with E-state index in [9.17, 15) is 13.2 Å². The minimum Gasteiger partial charge on any atom is -0.352 e. The van der Waals surface area contributed by atoms with E-state index in [-0.39, 0.29) is 24.1 Å². The molecule has 0 spiro atoms. The summed E-state index contributed by atoms with van der Waals surface area (Å²) in [7, 11) is -3.06. The topological polar surface area (TPSA) is 92.5 Å². The summed E-state index contributed by atoms with van der Waals surface area (Å²) in [5, 5.41) is 2.98. The molecule has 20 heavy (non-hydrogen) atoms. The van der Waals surface area contributed by atoms with Crippen molar-refractivity contribution in [1.82, 2.24) is 10.2 Å². The van der Waals surface area contributed by atoms with Gasteiger partial charge in [0.05, 0.1) is 11.8 Å². The quantitative estimate of drug-likeness (QED) is 0.714. The molecule has 116 valence electrons. The number of amides is 1. The van der Waals surface area contributed by atoms with E-state index in [2.05, 4.69) is 10.2 Å². The Morgan fingerprint density at radius 2 is 2.15 bits per heavy atom. The summed E-state index contributed by atoms with van der Waals surface area (Å²) in [6.45, 7) is 2.22. The lowest BCUT2D eigenvalue weighted by molar-refractivity contribution is -0.123. The average molecular weight is 303 g/mol. The van der Waals surface area contributed by atoms with E-state index in [1.54, 1.807) is 0 Å². The largest absolute Gasteiger partial charge is 0.352 e. The Bertz CT molecular complexity index is 452. The van der Waals surface area contributed by atoms with Gasteiger partial charge in [0.25, 0.3) is 0 Å². The van der Waals surface area contributed by atoms with Gasteiger partial charge in [0, 0.05) is 24.9 Å². The van der Waals surface area contributed by atoms with Gasteiger partial charge in [0.1, 0.15) is 9.84 Å². The number of carbonyl (C=O) groups is 1. The third-order valence-corrected chi connectivity index (χ3v) is 5.28. The van der Waals surface area contributed by atoms with E-state index in [1.165, 1.54) is 19.4 Å². The predicted molar refractivity (Wildman–Crippen MR) is 78.1 cm³/mol. The number of fused-ring (bicyclic) bond motifs is 1. The first-order chi connectivity index (χ1) is 9.35. The summed E-state index contributed by atoms with van der Waals surface area (Å²) in [6, 6.07) is 0.0544. The van der Waals surface area contributed by atoms with Crippen molar-refractivity contribution in [3.8, 4) is 0 Å². The van der Waals surface area contributed by atoms with Gasteiger partial charge < -0.3 is 16.0 Å². The molecule has 2 saturated heterocycles. The molecule has 0 aromatic heterocycles. The van der Waals surface area contributed by atoms with Crippen molar-refractivity contribution >= 4 is 15.7 Å². The molecule has 0 radical (unpaired) electrons. The zero-order valence-corrected chi connectivity index (χ0v) is 12.9. The Morgan fingerprint density at radius 1 is 1.40 bits per heavy atom. The standard InChI is InChI=1S/C13H25N3O3S/c1-20(18,19)8-5-12(14)13(17)15-10-4-7-16-6-2-3-11(16)9-10/h10-12H,2-9,14H2,1H3,(H,15,17). The Kier molecular flexibility index (Phi) is 5.04. The number of nitrogens with one attached hydrogen (secondary N) is 1. The predicted octanol–water partition coefficient (Wildman–Crippen LogP) is -0.509. The molecule has 1 amide bonds. The van der Waals surface area contributed by atoms with E-state index in [0.717, 1.165) is 25.6 Å². The number of piperidine rings is 1. The molecule has 0 aliphatic carbocycles. The molecule has 3 unspecified atom stereocenters. The second-order valence-electron chi connectivity index (χ2n) is 6.09. The lowest BCUT2D eigenvalue weighted by Crippen LogP contribution is -2.51. The van der Waals surface area contributed by atoms with Gasteiger partial charge in [0.15, 0.2) is 0 Å². The summed E-state index contributed by atoms with van der Waals surface area (Å²) in [5.74, 6) is -0.257. The molecule has 2 aliphatic heterocycles. The van der Waals surface area contributed by atoms with Crippen LogP contribution in [0.25, 0.3) is 0 Å². The highest BCUT2D eigenvalue weighted by molar-refractivity contribution is 7.90. The number of hydrogen-bond acceptors (Lipinski definition) is 5. The molecule has 2 heterocycles. The van der Waals surface area contributed by atoms with Crippen molar-refractivity contribution < 1.29 is 13.2 Å². The zero-order valence-electron chi connectivity index (χ0n) is 12.0. The number of hydrogen-bond donors (Lipinski definition) is 2. The lowest BCUT2D eigenvalue weighted by Gasteiger charge is -2.35. The molecular formula is C13H25N3O3S. The van der Waals surface area contributed by atoms with Gasteiger partial charge in [-0.15, -0.1) is 0 Å². The van der Waals surface area contributed by atoms with Gasteiger partial charge in [-0.25, -0.2) is 8.42 Å². The molecule has 0 aromatic carbocycles. The molecule has 6 nitrogen and oxygen atoms in total. The number of rotatable bonds is 5. The molecule has 0 aromatic rings. The Balaban J connectivity index is 1.76. The summed E-state index contributed by atoms with van der Waals surface area (Å²) in [4.78, 5) is 14.5. The molecule has 2 rings (SSSR count). The van der Waals surface area contributed by atoms with Crippen molar-refractivity contribution in [2.75, 3.05) is 25.1 Å². The molecular weight excluding hydrogens is 278 g/mol. The summed E-state index contributed by atoms with van der Waals surface area (Å²) >= 11 is 0. The monoisotopic (exact) mass is 303 g/mol. The van der Waals surface area contributed by atoms with Crippen molar-refractivity contribution in [2.24, 2.45) is 5.73 Å². The van der Waals surface area contributed by atoms with Gasteiger partial charge in [-0.2, -0.15) is 0 Å². The fourth-order valence-electron chi connectivity index (χ4n) is 3.14. The minimum atomic E-state index is -3.06. The molecule has 0 saturated carbocycles. The smallest absolute Gasteiger partial charge is 0.237 e. The first-order valence-corrected chi connectivity index (χ1v) is 9.39. The van der Waals surface area contributed by atoms with Gasteiger partial charge in [-0.05, 0) is 38.6 Å². The minimum absolute atomic E-state index is 0.0390. The van der Waals surface area contributed by atoms with Crippen LogP contribution in [-0.2, 0) is 14.6 Å². The van der Waals surface area contributed by atoms with E-state index < -0.39 is 15.9 Å². The van der Waals surface area contributed by atoms with Gasteiger partial charge in [0.2, 0.25) is 5.91 Å². The van der Waals surface area contributed by atoms with Crippen LogP contribution in [0.1, 0.15) is 32.1 Å². The van der Waals surface area contributed by atoms with Crippen LogP contribution in [0.2, 0.25) is 0 Å². The number of nitrogens with two attached hydrogens (primary N) is 1. The number of nitrogens with zero attached hydrogens (tertiary/aromatic N) is 1. The second kappa shape index (κ2) is 6.41. The van der Waals surface area contributed by atoms with Crippen LogP contribution in [0.3, 0.4) is 0 Å². The van der Waals surface area contributed by atoms with Gasteiger partial charge >= 0.3 is 0 Å². The molecule has 2 aliphatic rings. The van der Waals surface area contributed by atoms with E-state index in [0.29, 0.717) is 6.04 Å². The summed E-state index contributed by atoms with van der Waals surface area (Å²) in [6.07, 6.45) is 5.76.